The molecule has 18 unspecified atom stereocenters. The number of nitrogens with two attached hydrogens (primary N) is 1. The Kier molecular flexibility index (Phi) is 22.4. The first-order valence-electron chi connectivity index (χ1n) is 23.3. The second kappa shape index (κ2) is 26.9. The van der Waals surface area contributed by atoms with Crippen LogP contribution in [-0.2, 0) is 56.8 Å². The lowest BCUT2D eigenvalue weighted by Crippen LogP contribution is -2.68. The van der Waals surface area contributed by atoms with Crippen molar-refractivity contribution in [1.29, 1.82) is 0 Å². The fourth-order valence-electron chi connectivity index (χ4n) is 9.09. The number of rotatable bonds is 21. The average Bonchev–Trinajstić information content (AvgIpc) is 3.37. The fraction of sp³-hybridized carbons (Fsp3) is 1.00. The van der Waals surface area contributed by atoms with Crippen LogP contribution in [0.2, 0.25) is 0 Å². The number of hydrogen-bond acceptors (Lipinski definition) is 32. The molecule has 0 saturated carbocycles. The summed E-state index contributed by atoms with van der Waals surface area (Å²) in [5.74, 6) is 0. The van der Waals surface area contributed by atoms with Gasteiger partial charge in [0.1, 0.15) is 146 Å². The molecule has 0 aromatic heterocycles. The number of aliphatic hydroxyl groups excluding tert-OH is 19. The largest absolute Gasteiger partial charge is 0.394 e. The summed E-state index contributed by atoms with van der Waals surface area (Å²) in [6.07, 6.45) is -54.3. The Bertz CT molecular complexity index is 1590. The lowest BCUT2D eigenvalue weighted by atomic mass is 9.95. The molecule has 0 spiro atoms. The monoisotopic (exact) mass is 1060 g/mol. The van der Waals surface area contributed by atoms with E-state index in [1.807, 2.05) is 0 Å². The quantitative estimate of drug-likeness (QED) is 0.0475. The summed E-state index contributed by atoms with van der Waals surface area (Å²) in [6.45, 7) is -5.10. The minimum absolute atomic E-state index is 0.0923. The van der Waals surface area contributed by atoms with Gasteiger partial charge in [0, 0.05) is 6.61 Å². The first kappa shape index (κ1) is 60.0. The molecule has 6 heterocycles. The van der Waals surface area contributed by atoms with Gasteiger partial charge in [0.25, 0.3) is 0 Å². The van der Waals surface area contributed by atoms with E-state index < -0.39 is 224 Å². The molecular weight excluding hydrogens is 990 g/mol. The highest BCUT2D eigenvalue weighted by atomic mass is 16.8. The van der Waals surface area contributed by atoms with Crippen LogP contribution in [0, 0.1) is 0 Å². The second-order valence-electron chi connectivity index (χ2n) is 18.1. The van der Waals surface area contributed by atoms with Gasteiger partial charge >= 0.3 is 0 Å². The zero-order valence-corrected chi connectivity index (χ0v) is 38.4. The van der Waals surface area contributed by atoms with E-state index in [4.69, 9.17) is 62.6 Å². The van der Waals surface area contributed by atoms with E-state index in [-0.39, 0.29) is 6.61 Å². The summed E-state index contributed by atoms with van der Waals surface area (Å²) < 4.78 is 67.1. The van der Waals surface area contributed by atoms with Crippen molar-refractivity contribution in [2.24, 2.45) is 5.73 Å². The summed E-state index contributed by atoms with van der Waals surface area (Å²) in [5.41, 5.74) is 5.47. The smallest absolute Gasteiger partial charge is 0.187 e. The summed E-state index contributed by atoms with van der Waals surface area (Å²) in [4.78, 5) is 0. The molecule has 422 valence electrons. The third-order valence-corrected chi connectivity index (χ3v) is 13.3. The Morgan fingerprint density at radius 3 is 0.778 bits per heavy atom. The number of hydrogen-bond donors (Lipinski definition) is 20. The molecule has 0 aromatic carbocycles. The van der Waals surface area contributed by atoms with Gasteiger partial charge in [0.15, 0.2) is 37.7 Å². The van der Waals surface area contributed by atoms with Gasteiger partial charge in [-0.05, 0) is 19.4 Å². The molecule has 72 heavy (non-hydrogen) atoms. The van der Waals surface area contributed by atoms with E-state index in [0.29, 0.717) is 19.4 Å². The molecule has 32 nitrogen and oxygen atoms in total. The second-order valence-corrected chi connectivity index (χ2v) is 18.1. The van der Waals surface area contributed by atoms with Crippen LogP contribution in [-0.4, -0.2) is 334 Å². The first-order chi connectivity index (χ1) is 34.3. The van der Waals surface area contributed by atoms with Crippen molar-refractivity contribution >= 4 is 0 Å². The predicted molar refractivity (Wildman–Crippen MR) is 221 cm³/mol. The third-order valence-electron chi connectivity index (χ3n) is 13.3. The maximum atomic E-state index is 11.3. The molecule has 6 saturated heterocycles. The lowest BCUT2D eigenvalue weighted by Gasteiger charge is -2.50. The maximum absolute atomic E-state index is 11.3. The molecule has 0 aromatic rings. The Balaban J connectivity index is 1.05. The van der Waals surface area contributed by atoms with Crippen LogP contribution in [0.15, 0.2) is 0 Å². The highest BCUT2D eigenvalue weighted by Gasteiger charge is 2.57. The van der Waals surface area contributed by atoms with Crippen LogP contribution in [0.3, 0.4) is 0 Å². The van der Waals surface area contributed by atoms with Crippen molar-refractivity contribution in [1.82, 2.24) is 0 Å². The standard InChI is InChI=1S/C40H71NO31/c41-3-1-2-4-61-35-25(56)19(50)30(12(6-43)63-35)69-37-27(58)21(52)32(14(8-45)65-37)71-39-29(60)23(54)34(16(10-47)67-39)72-40-28(59)22(53)33(15(9-46)66-40)70-38-26(57)20(51)31(13(7-44)64-38)68-36-24(55)18(49)17(48)11(5-42)62-36/h11-40,42-60H,1-10,41H2/t11?,12?,13?,14?,15?,16?,17-,18?,19?,20?,21?,22?,23?,24?,25?,26?,27?,28?,29?,30+,31-,32-,33+,34-,35+,36+,37-,38-,39+,40-/m1/s1. The zero-order valence-electron chi connectivity index (χ0n) is 38.4. The van der Waals surface area contributed by atoms with Gasteiger partial charge in [-0.3, -0.25) is 0 Å². The van der Waals surface area contributed by atoms with E-state index in [2.05, 4.69) is 0 Å². The molecule has 6 aliphatic rings. The number of aliphatic hydroxyl groups is 19. The van der Waals surface area contributed by atoms with Crippen LogP contribution in [0.4, 0.5) is 0 Å². The number of unbranched alkanes of at least 4 members (excludes halogenated alkanes) is 1. The molecule has 21 N–H and O–H groups in total. The van der Waals surface area contributed by atoms with E-state index >= 15 is 0 Å². The van der Waals surface area contributed by atoms with Crippen LogP contribution in [0.25, 0.3) is 0 Å². The minimum atomic E-state index is -2.17. The fourth-order valence-corrected chi connectivity index (χ4v) is 9.09. The van der Waals surface area contributed by atoms with Crippen molar-refractivity contribution in [3.8, 4) is 0 Å². The van der Waals surface area contributed by atoms with Gasteiger partial charge in [0.2, 0.25) is 0 Å². The van der Waals surface area contributed by atoms with Crippen molar-refractivity contribution < 1.29 is 154 Å². The molecule has 0 amide bonds. The van der Waals surface area contributed by atoms with Gasteiger partial charge in [-0.2, -0.15) is 0 Å². The maximum Gasteiger partial charge on any atom is 0.187 e. The number of ether oxygens (including phenoxy) is 12. The van der Waals surface area contributed by atoms with Gasteiger partial charge in [-0.25, -0.2) is 0 Å². The molecule has 0 aliphatic carbocycles. The molecular formula is C40H71NO31. The molecule has 32 heteroatoms. The highest BCUT2D eigenvalue weighted by Crippen LogP contribution is 2.37. The van der Waals surface area contributed by atoms with Crippen molar-refractivity contribution in [2.45, 2.75) is 197 Å². The SMILES string of the molecule is NCCCCO[C@H]1OC(CO)[C@H](O[C@H]2OC(CO)[C@@H](O[C@@H]3OC(CO)[C@@H](O[C@H]4OC(CO)[C@H](O[C@H]5OC(CO)[C@@H](O[C@@H]6OC(CO)[C@@H](O)C(O)C6O)C(O)C5O)C(O)C4O)C(O)C3O)C(O)C2O)C(O)C1O. The Hall–Kier alpha value is -1.28. The summed E-state index contributed by atoms with van der Waals surface area (Å²) in [7, 11) is 0. The van der Waals surface area contributed by atoms with E-state index in [9.17, 15) is 97.0 Å². The van der Waals surface area contributed by atoms with Gasteiger partial charge in [0.05, 0.1) is 39.6 Å². The van der Waals surface area contributed by atoms with E-state index in [1.165, 1.54) is 0 Å². The lowest BCUT2D eigenvalue weighted by molar-refractivity contribution is -0.396. The Morgan fingerprint density at radius 1 is 0.278 bits per heavy atom. The summed E-state index contributed by atoms with van der Waals surface area (Å²) in [6, 6.07) is 0. The van der Waals surface area contributed by atoms with Gasteiger partial charge in [-0.15, -0.1) is 0 Å². The molecule has 30 atom stereocenters. The molecule has 6 fully saturated rings. The first-order valence-corrected chi connectivity index (χ1v) is 23.3. The normalized spacial score (nSPS) is 50.5. The Morgan fingerprint density at radius 2 is 0.514 bits per heavy atom. The topological polar surface area (TPSA) is 521 Å². The van der Waals surface area contributed by atoms with Crippen molar-refractivity contribution in [2.75, 3.05) is 52.8 Å². The van der Waals surface area contributed by atoms with Crippen molar-refractivity contribution in [3.63, 3.8) is 0 Å². The third kappa shape index (κ3) is 12.8. The summed E-state index contributed by atoms with van der Waals surface area (Å²) in [5, 5.41) is 202. The van der Waals surface area contributed by atoms with Gasteiger partial charge < -0.3 is 160 Å². The van der Waals surface area contributed by atoms with E-state index in [0.717, 1.165) is 0 Å². The Labute approximate surface area is 409 Å². The average molecular weight is 1060 g/mol. The van der Waals surface area contributed by atoms with Gasteiger partial charge in [-0.1, -0.05) is 0 Å². The van der Waals surface area contributed by atoms with Crippen LogP contribution >= 0.6 is 0 Å². The van der Waals surface area contributed by atoms with Crippen LogP contribution in [0.1, 0.15) is 12.8 Å². The summed E-state index contributed by atoms with van der Waals surface area (Å²) >= 11 is 0. The molecule has 0 radical (unpaired) electrons. The molecule has 6 aliphatic heterocycles. The zero-order chi connectivity index (χ0) is 52.9. The van der Waals surface area contributed by atoms with E-state index in [1.54, 1.807) is 0 Å². The minimum Gasteiger partial charge on any atom is -0.394 e. The molecule has 6 rings (SSSR count). The predicted octanol–water partition coefficient (Wildman–Crippen LogP) is -13.3. The van der Waals surface area contributed by atoms with Crippen LogP contribution < -0.4 is 5.73 Å². The molecule has 0 bridgehead atoms. The van der Waals surface area contributed by atoms with Crippen molar-refractivity contribution in [3.05, 3.63) is 0 Å². The highest BCUT2D eigenvalue weighted by molar-refractivity contribution is 5.00. The van der Waals surface area contributed by atoms with Crippen LogP contribution in [0.5, 0.6) is 0 Å².